The second kappa shape index (κ2) is 3.63. The lowest BCUT2D eigenvalue weighted by Gasteiger charge is -2.02. The van der Waals surface area contributed by atoms with E-state index in [9.17, 15) is 0 Å². The molecule has 0 radical (unpaired) electrons. The number of hydrogen-bond acceptors (Lipinski definition) is 3. The van der Waals surface area contributed by atoms with Crippen LogP contribution in [0.2, 0.25) is 0 Å². The molecular formula is C8H12ClN3. The molecule has 1 aromatic heterocycles. The molecule has 2 rings (SSSR count). The summed E-state index contributed by atoms with van der Waals surface area (Å²) in [6.07, 6.45) is 4.24. The van der Waals surface area contributed by atoms with Gasteiger partial charge in [0.15, 0.2) is 0 Å². The Morgan fingerprint density at radius 1 is 1.50 bits per heavy atom. The van der Waals surface area contributed by atoms with Crippen LogP contribution in [0.15, 0.2) is 18.3 Å². The van der Waals surface area contributed by atoms with Crippen molar-refractivity contribution in [1.82, 2.24) is 4.98 Å². The number of nitrogens with two attached hydrogens (primary N) is 1. The smallest absolute Gasteiger partial charge is 0.128 e. The van der Waals surface area contributed by atoms with Crippen LogP contribution >= 0.6 is 12.4 Å². The second-order valence-electron chi connectivity index (χ2n) is 2.89. The fourth-order valence-corrected chi connectivity index (χ4v) is 0.963. The molecule has 1 fully saturated rings. The summed E-state index contributed by atoms with van der Waals surface area (Å²) in [5.74, 6) is 0.896. The molecule has 3 nitrogen and oxygen atoms in total. The zero-order valence-corrected chi connectivity index (χ0v) is 7.47. The van der Waals surface area contributed by atoms with Gasteiger partial charge in [0.1, 0.15) is 5.82 Å². The summed E-state index contributed by atoms with van der Waals surface area (Å²) in [6.45, 7) is 0. The molecule has 3 N–H and O–H groups in total. The lowest BCUT2D eigenvalue weighted by Crippen LogP contribution is -2.02. The molecule has 0 amide bonds. The molecule has 1 aliphatic carbocycles. The zero-order chi connectivity index (χ0) is 7.68. The van der Waals surface area contributed by atoms with Crippen LogP contribution in [0.3, 0.4) is 0 Å². The number of pyridine rings is 1. The number of nitrogens with one attached hydrogen (secondary N) is 1. The number of halogens is 1. The van der Waals surface area contributed by atoms with E-state index in [-0.39, 0.29) is 12.4 Å². The van der Waals surface area contributed by atoms with E-state index in [1.165, 1.54) is 12.8 Å². The van der Waals surface area contributed by atoms with E-state index in [1.54, 1.807) is 12.3 Å². The highest BCUT2D eigenvalue weighted by Crippen LogP contribution is 2.23. The van der Waals surface area contributed by atoms with Crippen LogP contribution < -0.4 is 11.1 Å². The van der Waals surface area contributed by atoms with Crippen LogP contribution in [0.1, 0.15) is 12.8 Å². The Hall–Kier alpha value is -0.960. The number of hydrogen-bond donors (Lipinski definition) is 2. The molecule has 12 heavy (non-hydrogen) atoms. The Morgan fingerprint density at radius 2 is 2.25 bits per heavy atom. The molecule has 0 saturated heterocycles. The van der Waals surface area contributed by atoms with E-state index in [1.807, 2.05) is 6.07 Å². The molecule has 0 spiro atoms. The highest BCUT2D eigenvalue weighted by atomic mass is 35.5. The molecule has 4 heteroatoms. The molecule has 1 saturated carbocycles. The maximum atomic E-state index is 5.57. The van der Waals surface area contributed by atoms with Gasteiger partial charge < -0.3 is 11.1 Å². The SMILES string of the molecule is Cl.Nc1ccnc(NC2CC2)c1. The molecule has 1 heterocycles. The van der Waals surface area contributed by atoms with E-state index < -0.39 is 0 Å². The molecular weight excluding hydrogens is 174 g/mol. The maximum absolute atomic E-state index is 5.57. The molecule has 66 valence electrons. The van der Waals surface area contributed by atoms with Crippen molar-refractivity contribution < 1.29 is 0 Å². The van der Waals surface area contributed by atoms with Gasteiger partial charge >= 0.3 is 0 Å². The van der Waals surface area contributed by atoms with E-state index in [0.29, 0.717) is 6.04 Å². The van der Waals surface area contributed by atoms with E-state index in [2.05, 4.69) is 10.3 Å². The van der Waals surface area contributed by atoms with Gasteiger partial charge in [0.05, 0.1) is 0 Å². The van der Waals surface area contributed by atoms with Gasteiger partial charge in [-0.1, -0.05) is 0 Å². The Morgan fingerprint density at radius 3 is 2.83 bits per heavy atom. The van der Waals surface area contributed by atoms with Gasteiger partial charge in [0.25, 0.3) is 0 Å². The standard InChI is InChI=1S/C8H11N3.ClH/c9-6-3-4-10-8(5-6)11-7-1-2-7;/h3-5,7H,1-2H2,(H3,9,10,11);1H. The predicted molar refractivity (Wildman–Crippen MR) is 52.5 cm³/mol. The molecule has 0 aliphatic heterocycles. The Balaban J connectivity index is 0.000000720. The van der Waals surface area contributed by atoms with Crippen LogP contribution in [0, 0.1) is 0 Å². The molecule has 0 unspecified atom stereocenters. The number of aromatic nitrogens is 1. The summed E-state index contributed by atoms with van der Waals surface area (Å²) >= 11 is 0. The number of nitrogen functional groups attached to an aromatic ring is 1. The van der Waals surface area contributed by atoms with Crippen molar-refractivity contribution in [3.8, 4) is 0 Å². The first-order chi connectivity index (χ1) is 5.34. The monoisotopic (exact) mass is 185 g/mol. The average Bonchev–Trinajstić information content (AvgIpc) is 2.71. The zero-order valence-electron chi connectivity index (χ0n) is 6.66. The van der Waals surface area contributed by atoms with Crippen LogP contribution in [0.4, 0.5) is 11.5 Å². The first-order valence-electron chi connectivity index (χ1n) is 3.83. The normalized spacial score (nSPS) is 15.0. The van der Waals surface area contributed by atoms with Crippen molar-refractivity contribution in [2.45, 2.75) is 18.9 Å². The summed E-state index contributed by atoms with van der Waals surface area (Å²) in [6, 6.07) is 4.29. The van der Waals surface area contributed by atoms with Gasteiger partial charge in [-0.25, -0.2) is 4.98 Å². The number of nitrogens with zero attached hydrogens (tertiary/aromatic N) is 1. The van der Waals surface area contributed by atoms with E-state index in [0.717, 1.165) is 11.5 Å². The summed E-state index contributed by atoms with van der Waals surface area (Å²) in [5.41, 5.74) is 6.34. The van der Waals surface area contributed by atoms with Crippen LogP contribution in [0.25, 0.3) is 0 Å². The summed E-state index contributed by atoms with van der Waals surface area (Å²) in [5, 5.41) is 3.27. The Kier molecular flexibility index (Phi) is 2.76. The van der Waals surface area contributed by atoms with Gasteiger partial charge in [-0.3, -0.25) is 0 Å². The molecule has 0 aromatic carbocycles. The third-order valence-corrected chi connectivity index (χ3v) is 1.71. The molecule has 0 bridgehead atoms. The van der Waals surface area contributed by atoms with Crippen molar-refractivity contribution in [3.63, 3.8) is 0 Å². The van der Waals surface area contributed by atoms with Crippen LogP contribution in [-0.2, 0) is 0 Å². The van der Waals surface area contributed by atoms with Crippen molar-refractivity contribution >= 4 is 23.9 Å². The fraction of sp³-hybridized carbons (Fsp3) is 0.375. The van der Waals surface area contributed by atoms with Crippen LogP contribution in [-0.4, -0.2) is 11.0 Å². The minimum atomic E-state index is 0. The third-order valence-electron chi connectivity index (χ3n) is 1.71. The summed E-state index contributed by atoms with van der Waals surface area (Å²) < 4.78 is 0. The topological polar surface area (TPSA) is 50.9 Å². The lowest BCUT2D eigenvalue weighted by molar-refractivity contribution is 1.11. The largest absolute Gasteiger partial charge is 0.399 e. The summed E-state index contributed by atoms with van der Waals surface area (Å²) in [7, 11) is 0. The third kappa shape index (κ3) is 2.27. The molecule has 1 aromatic rings. The van der Waals surface area contributed by atoms with Gasteiger partial charge in [-0.05, 0) is 18.9 Å². The Labute approximate surface area is 77.8 Å². The lowest BCUT2D eigenvalue weighted by atomic mass is 10.4. The first-order valence-corrected chi connectivity index (χ1v) is 3.83. The molecule has 0 atom stereocenters. The highest BCUT2D eigenvalue weighted by Gasteiger charge is 2.20. The quantitative estimate of drug-likeness (QED) is 0.737. The minimum absolute atomic E-state index is 0. The van der Waals surface area contributed by atoms with Gasteiger partial charge in [-0.2, -0.15) is 0 Å². The maximum Gasteiger partial charge on any atom is 0.128 e. The first kappa shape index (κ1) is 9.13. The fourth-order valence-electron chi connectivity index (χ4n) is 0.963. The van der Waals surface area contributed by atoms with Crippen molar-refractivity contribution in [3.05, 3.63) is 18.3 Å². The van der Waals surface area contributed by atoms with E-state index in [4.69, 9.17) is 5.73 Å². The predicted octanol–water partition coefficient (Wildman–Crippen LogP) is 1.66. The van der Waals surface area contributed by atoms with Gasteiger partial charge in [0.2, 0.25) is 0 Å². The highest BCUT2D eigenvalue weighted by molar-refractivity contribution is 5.85. The van der Waals surface area contributed by atoms with Gasteiger partial charge in [-0.15, -0.1) is 12.4 Å². The summed E-state index contributed by atoms with van der Waals surface area (Å²) in [4.78, 5) is 4.13. The number of rotatable bonds is 2. The van der Waals surface area contributed by atoms with Crippen LogP contribution in [0.5, 0.6) is 0 Å². The minimum Gasteiger partial charge on any atom is -0.399 e. The molecule has 1 aliphatic rings. The Bertz CT molecular complexity index is 260. The van der Waals surface area contributed by atoms with Crippen molar-refractivity contribution in [1.29, 1.82) is 0 Å². The average molecular weight is 186 g/mol. The number of anilines is 2. The van der Waals surface area contributed by atoms with Crippen molar-refractivity contribution in [2.75, 3.05) is 11.1 Å². The van der Waals surface area contributed by atoms with Crippen molar-refractivity contribution in [2.24, 2.45) is 0 Å². The van der Waals surface area contributed by atoms with E-state index >= 15 is 0 Å². The second-order valence-corrected chi connectivity index (χ2v) is 2.89. The van der Waals surface area contributed by atoms with Gasteiger partial charge in [0, 0.05) is 24.0 Å².